The number of carbonyl (C=O) groups excluding carboxylic acids is 1. The van der Waals surface area contributed by atoms with Gasteiger partial charge < -0.3 is 15.2 Å². The maximum Gasteiger partial charge on any atom is 0.270 e. The van der Waals surface area contributed by atoms with E-state index in [0.29, 0.717) is 6.54 Å². The molecule has 1 aliphatic heterocycles. The maximum absolute atomic E-state index is 12.6. The molecule has 2 heterocycles. The van der Waals surface area contributed by atoms with Gasteiger partial charge in [-0.05, 0) is 42.7 Å². The first-order chi connectivity index (χ1) is 9.70. The van der Waals surface area contributed by atoms with Crippen LogP contribution < -0.4 is 5.73 Å². The number of nitrogens with two attached hydrogens (primary N) is 1. The zero-order valence-corrected chi connectivity index (χ0v) is 11.7. The van der Waals surface area contributed by atoms with Gasteiger partial charge in [-0.15, -0.1) is 0 Å². The van der Waals surface area contributed by atoms with Crippen LogP contribution >= 0.6 is 0 Å². The van der Waals surface area contributed by atoms with Crippen molar-refractivity contribution in [1.29, 1.82) is 0 Å². The molecule has 104 valence electrons. The van der Waals surface area contributed by atoms with Gasteiger partial charge >= 0.3 is 0 Å². The molecule has 4 nitrogen and oxygen atoms in total. The number of nitrogens with zero attached hydrogens (tertiary/aromatic N) is 2. The molecule has 0 radical (unpaired) electrons. The molecule has 0 fully saturated rings. The van der Waals surface area contributed by atoms with Crippen molar-refractivity contribution in [1.82, 2.24) is 9.47 Å². The number of anilines is 1. The molecule has 0 atom stereocenters. The number of hydrogen-bond donors (Lipinski definition) is 1. The van der Waals surface area contributed by atoms with Crippen LogP contribution in [0.5, 0.6) is 0 Å². The van der Waals surface area contributed by atoms with Crippen LogP contribution in [-0.2, 0) is 19.5 Å². The van der Waals surface area contributed by atoms with Crippen molar-refractivity contribution in [3.8, 4) is 0 Å². The summed E-state index contributed by atoms with van der Waals surface area (Å²) in [5, 5.41) is 0. The highest BCUT2D eigenvalue weighted by atomic mass is 16.2. The number of aryl methyl sites for hydroxylation is 1. The monoisotopic (exact) mass is 269 g/mol. The number of aromatic nitrogens is 1. The molecule has 0 saturated carbocycles. The lowest BCUT2D eigenvalue weighted by Gasteiger charge is -2.30. The molecule has 1 aliphatic rings. The van der Waals surface area contributed by atoms with Crippen LogP contribution in [0.15, 0.2) is 36.5 Å². The average Bonchev–Trinajstić information content (AvgIpc) is 2.95. The lowest BCUT2D eigenvalue weighted by Crippen LogP contribution is -2.37. The molecular weight excluding hydrogens is 250 g/mol. The van der Waals surface area contributed by atoms with Gasteiger partial charge in [0.1, 0.15) is 5.69 Å². The predicted molar refractivity (Wildman–Crippen MR) is 79.4 cm³/mol. The minimum Gasteiger partial charge on any atom is -0.398 e. The number of hydrogen-bond acceptors (Lipinski definition) is 2. The van der Waals surface area contributed by atoms with Gasteiger partial charge in [0.05, 0.1) is 0 Å². The van der Waals surface area contributed by atoms with E-state index in [9.17, 15) is 4.79 Å². The van der Waals surface area contributed by atoms with Gasteiger partial charge in [0.15, 0.2) is 0 Å². The molecule has 4 heteroatoms. The largest absolute Gasteiger partial charge is 0.398 e. The van der Waals surface area contributed by atoms with Crippen LogP contribution in [0.2, 0.25) is 0 Å². The summed E-state index contributed by atoms with van der Waals surface area (Å²) < 4.78 is 1.98. The summed E-state index contributed by atoms with van der Waals surface area (Å²) in [7, 11) is 0. The Morgan fingerprint density at radius 1 is 1.30 bits per heavy atom. The number of fused-ring (bicyclic) bond motifs is 1. The highest BCUT2D eigenvalue weighted by Gasteiger charge is 2.24. The van der Waals surface area contributed by atoms with E-state index < -0.39 is 0 Å². The van der Waals surface area contributed by atoms with Gasteiger partial charge in [-0.3, -0.25) is 4.79 Å². The van der Waals surface area contributed by atoms with E-state index >= 15 is 0 Å². The standard InChI is InChI=1S/C16H19N3O/c1-2-18-9-4-7-15(18)16(20)19-10-8-12-5-3-6-14(17)13(12)11-19/h3-7,9H,2,8,10-11,17H2,1H3. The second-order valence-corrected chi connectivity index (χ2v) is 5.14. The first-order valence-electron chi connectivity index (χ1n) is 7.01. The highest BCUT2D eigenvalue weighted by molar-refractivity contribution is 5.93. The molecule has 0 spiro atoms. The van der Waals surface area contributed by atoms with E-state index in [1.165, 1.54) is 5.56 Å². The summed E-state index contributed by atoms with van der Waals surface area (Å²) >= 11 is 0. The molecule has 0 unspecified atom stereocenters. The zero-order chi connectivity index (χ0) is 14.1. The third kappa shape index (κ3) is 2.07. The van der Waals surface area contributed by atoms with Gasteiger partial charge in [-0.1, -0.05) is 12.1 Å². The number of rotatable bonds is 2. The third-order valence-corrected chi connectivity index (χ3v) is 3.99. The van der Waals surface area contributed by atoms with Crippen LogP contribution in [0.3, 0.4) is 0 Å². The van der Waals surface area contributed by atoms with E-state index in [0.717, 1.165) is 36.5 Å². The molecule has 1 aromatic carbocycles. The lowest BCUT2D eigenvalue weighted by atomic mass is 9.98. The van der Waals surface area contributed by atoms with E-state index in [-0.39, 0.29) is 5.91 Å². The first-order valence-corrected chi connectivity index (χ1v) is 7.01. The normalized spacial score (nSPS) is 14.2. The van der Waals surface area contributed by atoms with Crippen molar-refractivity contribution in [3.63, 3.8) is 0 Å². The van der Waals surface area contributed by atoms with Crippen molar-refractivity contribution in [2.75, 3.05) is 12.3 Å². The van der Waals surface area contributed by atoms with Crippen LogP contribution in [0.1, 0.15) is 28.5 Å². The van der Waals surface area contributed by atoms with E-state index in [1.54, 1.807) is 0 Å². The number of nitrogen functional groups attached to an aromatic ring is 1. The predicted octanol–water partition coefficient (Wildman–Crippen LogP) is 2.29. The topological polar surface area (TPSA) is 51.3 Å². The van der Waals surface area contributed by atoms with Crippen molar-refractivity contribution >= 4 is 11.6 Å². The second kappa shape index (κ2) is 5.04. The molecule has 0 bridgehead atoms. The summed E-state index contributed by atoms with van der Waals surface area (Å²) in [6, 6.07) is 9.79. The summed E-state index contributed by atoms with van der Waals surface area (Å²) in [4.78, 5) is 14.5. The van der Waals surface area contributed by atoms with Crippen LogP contribution in [0, 0.1) is 0 Å². The van der Waals surface area contributed by atoms with Crippen molar-refractivity contribution in [2.24, 2.45) is 0 Å². The minimum absolute atomic E-state index is 0.0887. The zero-order valence-electron chi connectivity index (χ0n) is 11.7. The molecule has 1 aromatic heterocycles. The average molecular weight is 269 g/mol. The third-order valence-electron chi connectivity index (χ3n) is 3.99. The quantitative estimate of drug-likeness (QED) is 0.850. The van der Waals surface area contributed by atoms with Crippen molar-refractivity contribution < 1.29 is 4.79 Å². The first kappa shape index (κ1) is 12.8. The second-order valence-electron chi connectivity index (χ2n) is 5.14. The number of carbonyl (C=O) groups is 1. The molecule has 3 rings (SSSR count). The maximum atomic E-state index is 12.6. The Morgan fingerprint density at radius 3 is 2.95 bits per heavy atom. The van der Waals surface area contributed by atoms with Gasteiger partial charge in [0.25, 0.3) is 5.91 Å². The van der Waals surface area contributed by atoms with Gasteiger partial charge in [-0.25, -0.2) is 0 Å². The van der Waals surface area contributed by atoms with E-state index in [2.05, 4.69) is 6.07 Å². The number of benzene rings is 1. The summed E-state index contributed by atoms with van der Waals surface area (Å²) in [5.41, 5.74) is 9.94. The highest BCUT2D eigenvalue weighted by Crippen LogP contribution is 2.25. The Bertz CT molecular complexity index is 645. The van der Waals surface area contributed by atoms with Crippen molar-refractivity contribution in [2.45, 2.75) is 26.4 Å². The molecule has 20 heavy (non-hydrogen) atoms. The number of amides is 1. The molecule has 2 N–H and O–H groups in total. The fourth-order valence-electron chi connectivity index (χ4n) is 2.83. The van der Waals surface area contributed by atoms with Gasteiger partial charge in [-0.2, -0.15) is 0 Å². The van der Waals surface area contributed by atoms with E-state index in [4.69, 9.17) is 5.73 Å². The van der Waals surface area contributed by atoms with Crippen molar-refractivity contribution in [3.05, 3.63) is 53.3 Å². The molecule has 1 amide bonds. The summed E-state index contributed by atoms with van der Waals surface area (Å²) in [6.07, 6.45) is 2.82. The smallest absolute Gasteiger partial charge is 0.270 e. The Kier molecular flexibility index (Phi) is 3.22. The molecular formula is C16H19N3O. The van der Waals surface area contributed by atoms with Crippen LogP contribution in [-0.4, -0.2) is 21.9 Å². The molecule has 2 aromatic rings. The lowest BCUT2D eigenvalue weighted by molar-refractivity contribution is 0.0724. The summed E-state index contributed by atoms with van der Waals surface area (Å²) in [6.45, 7) is 4.21. The minimum atomic E-state index is 0.0887. The van der Waals surface area contributed by atoms with Gasteiger partial charge in [0, 0.05) is 31.5 Å². The Morgan fingerprint density at radius 2 is 2.15 bits per heavy atom. The van der Waals surface area contributed by atoms with Crippen LogP contribution in [0.4, 0.5) is 5.69 Å². The summed E-state index contributed by atoms with van der Waals surface area (Å²) in [5.74, 6) is 0.0887. The Labute approximate surface area is 118 Å². The van der Waals surface area contributed by atoms with Crippen LogP contribution in [0.25, 0.3) is 0 Å². The fourth-order valence-corrected chi connectivity index (χ4v) is 2.83. The van der Waals surface area contributed by atoms with Gasteiger partial charge in [0.2, 0.25) is 0 Å². The Hall–Kier alpha value is -2.23. The van der Waals surface area contributed by atoms with E-state index in [1.807, 2.05) is 46.9 Å². The fraction of sp³-hybridized carbons (Fsp3) is 0.312. The Balaban J connectivity index is 1.87. The SMILES string of the molecule is CCn1cccc1C(=O)N1CCc2cccc(N)c2C1. The molecule has 0 saturated heterocycles. The molecule has 0 aliphatic carbocycles.